The fraction of sp³-hybridized carbons (Fsp3) is 0.462. The maximum atomic E-state index is 12.1. The molecule has 11 heteroatoms. The van der Waals surface area contributed by atoms with E-state index in [4.69, 9.17) is 27.9 Å². The number of aromatic nitrogens is 2. The van der Waals surface area contributed by atoms with Crippen molar-refractivity contribution < 1.29 is 28.5 Å². The van der Waals surface area contributed by atoms with Crippen LogP contribution in [0.3, 0.4) is 0 Å². The van der Waals surface area contributed by atoms with E-state index in [1.807, 2.05) is 0 Å². The highest BCUT2D eigenvalue weighted by Gasteiger charge is 2.45. The molecule has 8 nitrogen and oxygen atoms in total. The smallest absolute Gasteiger partial charge is 0.230 e. The Morgan fingerprint density at radius 1 is 1.25 bits per heavy atom. The maximum absolute atomic E-state index is 12.1. The molecule has 2 aromatic rings. The predicted octanol–water partition coefficient (Wildman–Crippen LogP) is 0.358. The molecule has 1 saturated heterocycles. The van der Waals surface area contributed by atoms with Gasteiger partial charge in [-0.2, -0.15) is 0 Å². The van der Waals surface area contributed by atoms with Crippen LogP contribution in [0.15, 0.2) is 17.3 Å². The molecule has 3 N–H and O–H groups in total. The first kappa shape index (κ1) is 17.9. The number of fused-ring (bicyclic) bond motifs is 1. The van der Waals surface area contributed by atoms with Crippen molar-refractivity contribution in [2.24, 2.45) is 0 Å². The third-order valence-corrected chi connectivity index (χ3v) is 5.48. The first-order chi connectivity index (χ1) is 11.1. The van der Waals surface area contributed by atoms with Gasteiger partial charge in [-0.05, 0) is 12.1 Å². The Hall–Kier alpha value is -0.940. The summed E-state index contributed by atoms with van der Waals surface area (Å²) in [5, 5.41) is 29.3. The second-order valence-corrected chi connectivity index (χ2v) is 8.24. The van der Waals surface area contributed by atoms with E-state index >= 15 is 0 Å². The molecule has 1 aromatic heterocycles. The first-order valence-electron chi connectivity index (χ1n) is 6.84. The van der Waals surface area contributed by atoms with Crippen molar-refractivity contribution in [2.45, 2.75) is 29.7 Å². The highest BCUT2D eigenvalue weighted by atomic mass is 35.5. The molecule has 0 aliphatic carbocycles. The van der Waals surface area contributed by atoms with Gasteiger partial charge < -0.3 is 20.1 Å². The van der Waals surface area contributed by atoms with Crippen molar-refractivity contribution in [2.75, 3.05) is 12.9 Å². The van der Waals surface area contributed by atoms with Crippen LogP contribution in [-0.4, -0.2) is 64.5 Å². The molecular formula is C13H14Cl2N2O6S. The normalized spacial score (nSPS) is 27.9. The van der Waals surface area contributed by atoms with E-state index in [0.717, 1.165) is 10.8 Å². The minimum Gasteiger partial charge on any atom is -0.394 e. The lowest BCUT2D eigenvalue weighted by molar-refractivity contribution is -0.0548. The van der Waals surface area contributed by atoms with Crippen LogP contribution >= 0.6 is 23.2 Å². The van der Waals surface area contributed by atoms with Gasteiger partial charge >= 0.3 is 0 Å². The van der Waals surface area contributed by atoms with E-state index in [2.05, 4.69) is 4.98 Å². The predicted molar refractivity (Wildman–Crippen MR) is 85.9 cm³/mol. The van der Waals surface area contributed by atoms with Crippen LogP contribution in [-0.2, 0) is 14.6 Å². The molecule has 0 spiro atoms. The third kappa shape index (κ3) is 2.80. The van der Waals surface area contributed by atoms with Gasteiger partial charge in [-0.1, -0.05) is 23.2 Å². The highest BCUT2D eigenvalue weighted by molar-refractivity contribution is 7.90. The van der Waals surface area contributed by atoms with Gasteiger partial charge in [0.05, 0.1) is 27.7 Å². The van der Waals surface area contributed by atoms with Gasteiger partial charge in [0, 0.05) is 6.26 Å². The quantitative estimate of drug-likeness (QED) is 0.684. The van der Waals surface area contributed by atoms with E-state index in [1.54, 1.807) is 0 Å². The molecular weight excluding hydrogens is 383 g/mol. The topological polar surface area (TPSA) is 122 Å². The number of benzene rings is 1. The largest absolute Gasteiger partial charge is 0.394 e. The van der Waals surface area contributed by atoms with Crippen molar-refractivity contribution in [3.63, 3.8) is 0 Å². The fourth-order valence-corrected chi connectivity index (χ4v) is 3.81. The summed E-state index contributed by atoms with van der Waals surface area (Å²) in [5.74, 6) is 0. The summed E-state index contributed by atoms with van der Waals surface area (Å²) in [7, 11) is -3.79. The Morgan fingerprint density at radius 2 is 1.88 bits per heavy atom. The molecule has 24 heavy (non-hydrogen) atoms. The van der Waals surface area contributed by atoms with Gasteiger partial charge in [0.25, 0.3) is 0 Å². The van der Waals surface area contributed by atoms with E-state index in [-0.39, 0.29) is 26.2 Å². The van der Waals surface area contributed by atoms with E-state index in [0.29, 0.717) is 0 Å². The van der Waals surface area contributed by atoms with Crippen LogP contribution in [0.1, 0.15) is 6.23 Å². The van der Waals surface area contributed by atoms with Crippen LogP contribution in [0.2, 0.25) is 10.0 Å². The summed E-state index contributed by atoms with van der Waals surface area (Å²) in [6, 6.07) is 2.79. The number of ether oxygens (including phenoxy) is 1. The monoisotopic (exact) mass is 396 g/mol. The minimum atomic E-state index is -3.79. The Bertz CT molecular complexity index is 899. The summed E-state index contributed by atoms with van der Waals surface area (Å²) < 4.78 is 30.7. The summed E-state index contributed by atoms with van der Waals surface area (Å²) in [6.45, 7) is -0.540. The molecule has 4 atom stereocenters. The molecule has 1 aliphatic rings. The number of aliphatic hydroxyl groups excluding tert-OH is 3. The van der Waals surface area contributed by atoms with Crippen LogP contribution in [0.5, 0.6) is 0 Å². The van der Waals surface area contributed by atoms with Crippen LogP contribution in [0.4, 0.5) is 0 Å². The van der Waals surface area contributed by atoms with Crippen molar-refractivity contribution >= 4 is 44.1 Å². The molecule has 132 valence electrons. The van der Waals surface area contributed by atoms with Gasteiger partial charge in [0.15, 0.2) is 6.23 Å². The SMILES string of the molecule is CS(=O)(=O)c1nc2cc(Cl)c(Cl)cc2n1C1OC(CO)C(O)C1O. The Balaban J connectivity index is 2.28. The molecule has 0 saturated carbocycles. The number of imidazole rings is 1. The number of halogens is 2. The molecule has 0 amide bonds. The zero-order valence-corrected chi connectivity index (χ0v) is 14.6. The molecule has 4 unspecified atom stereocenters. The van der Waals surface area contributed by atoms with Crippen molar-refractivity contribution in [1.82, 2.24) is 9.55 Å². The Kier molecular flexibility index (Phi) is 4.54. The summed E-state index contributed by atoms with van der Waals surface area (Å²) in [5.41, 5.74) is 0.502. The first-order valence-corrected chi connectivity index (χ1v) is 9.49. The number of sulfone groups is 1. The molecule has 2 heterocycles. The molecule has 1 fully saturated rings. The number of nitrogens with zero attached hydrogens (tertiary/aromatic N) is 2. The number of hydrogen-bond acceptors (Lipinski definition) is 7. The number of hydrogen-bond donors (Lipinski definition) is 3. The molecule has 0 bridgehead atoms. The zero-order chi connectivity index (χ0) is 17.8. The van der Waals surface area contributed by atoms with E-state index in [9.17, 15) is 23.7 Å². The lowest BCUT2D eigenvalue weighted by Gasteiger charge is -2.19. The van der Waals surface area contributed by atoms with Gasteiger partial charge in [-0.25, -0.2) is 13.4 Å². The van der Waals surface area contributed by atoms with Crippen molar-refractivity contribution in [3.05, 3.63) is 22.2 Å². The highest BCUT2D eigenvalue weighted by Crippen LogP contribution is 2.36. The van der Waals surface area contributed by atoms with Gasteiger partial charge in [0.1, 0.15) is 18.3 Å². The average molecular weight is 397 g/mol. The van der Waals surface area contributed by atoms with E-state index < -0.39 is 41.0 Å². The molecule has 1 aromatic carbocycles. The molecule has 3 rings (SSSR count). The average Bonchev–Trinajstić information content (AvgIpc) is 2.98. The second kappa shape index (κ2) is 6.10. The summed E-state index contributed by atoms with van der Waals surface area (Å²) >= 11 is 11.9. The Labute approximate surface area is 147 Å². The number of rotatable bonds is 3. The Morgan fingerprint density at radius 3 is 2.42 bits per heavy atom. The van der Waals surface area contributed by atoms with Crippen molar-refractivity contribution in [1.29, 1.82) is 0 Å². The zero-order valence-electron chi connectivity index (χ0n) is 12.3. The molecule has 0 radical (unpaired) electrons. The lowest BCUT2D eigenvalue weighted by atomic mass is 10.1. The summed E-state index contributed by atoms with van der Waals surface area (Å²) in [6.07, 6.45) is -4.21. The number of aliphatic hydroxyl groups is 3. The lowest BCUT2D eigenvalue weighted by Crippen LogP contribution is -2.33. The van der Waals surface area contributed by atoms with Gasteiger partial charge in [-0.15, -0.1) is 0 Å². The van der Waals surface area contributed by atoms with Crippen LogP contribution < -0.4 is 0 Å². The van der Waals surface area contributed by atoms with Crippen molar-refractivity contribution in [3.8, 4) is 0 Å². The van der Waals surface area contributed by atoms with Gasteiger partial charge in [-0.3, -0.25) is 4.57 Å². The minimum absolute atomic E-state index is 0.164. The standard InChI is InChI=1S/C13H14Cl2N2O6S/c1-24(21,22)13-16-7-2-5(14)6(15)3-8(7)17(13)12-11(20)10(19)9(4-18)23-12/h2-3,9-12,18-20H,4H2,1H3. The van der Waals surface area contributed by atoms with Crippen LogP contribution in [0, 0.1) is 0 Å². The van der Waals surface area contributed by atoms with Gasteiger partial charge in [0.2, 0.25) is 15.0 Å². The van der Waals surface area contributed by atoms with E-state index in [1.165, 1.54) is 12.1 Å². The second-order valence-electron chi connectivity index (χ2n) is 5.52. The fourth-order valence-electron chi connectivity index (χ4n) is 2.67. The molecule has 1 aliphatic heterocycles. The third-order valence-electron chi connectivity index (χ3n) is 3.80. The maximum Gasteiger partial charge on any atom is 0.230 e. The van der Waals surface area contributed by atoms with Crippen LogP contribution in [0.25, 0.3) is 11.0 Å². The summed E-state index contributed by atoms with van der Waals surface area (Å²) in [4.78, 5) is 4.04.